The molecule has 1 atom stereocenters. The fourth-order valence-corrected chi connectivity index (χ4v) is 1.44. The molecule has 2 heterocycles. The van der Waals surface area contributed by atoms with Gasteiger partial charge in [-0.05, 0) is 28.1 Å². The number of rotatable bonds is 3. The van der Waals surface area contributed by atoms with E-state index in [2.05, 4.69) is 36.3 Å². The highest BCUT2D eigenvalue weighted by atomic mass is 79.9. The first-order valence-electron chi connectivity index (χ1n) is 4.40. The van der Waals surface area contributed by atoms with Crippen molar-refractivity contribution in [2.45, 2.75) is 12.5 Å². The first-order valence-corrected chi connectivity index (χ1v) is 5.19. The van der Waals surface area contributed by atoms with Crippen molar-refractivity contribution >= 4 is 15.9 Å². The quantitative estimate of drug-likeness (QED) is 0.879. The predicted molar refractivity (Wildman–Crippen MR) is 57.0 cm³/mol. The Kier molecular flexibility index (Phi) is 3.08. The highest BCUT2D eigenvalue weighted by Crippen LogP contribution is 2.15. The molecule has 0 spiro atoms. The van der Waals surface area contributed by atoms with E-state index in [1.807, 2.05) is 12.1 Å². The Morgan fingerprint density at radius 1 is 1.40 bits per heavy atom. The highest BCUT2D eigenvalue weighted by Gasteiger charge is 2.11. The lowest BCUT2D eigenvalue weighted by atomic mass is 10.1. The fourth-order valence-electron chi connectivity index (χ4n) is 1.20. The molecule has 0 aliphatic heterocycles. The van der Waals surface area contributed by atoms with Gasteiger partial charge in [0.1, 0.15) is 11.8 Å². The first-order chi connectivity index (χ1) is 7.25. The Labute approximate surface area is 94.7 Å². The van der Waals surface area contributed by atoms with Crippen LogP contribution in [0.15, 0.2) is 29.0 Å². The Balaban J connectivity index is 2.06. The maximum atomic E-state index is 9.76. The van der Waals surface area contributed by atoms with Gasteiger partial charge in [0.05, 0.1) is 6.20 Å². The number of nitrogens with one attached hydrogen (secondary N) is 1. The average molecular weight is 269 g/mol. The van der Waals surface area contributed by atoms with E-state index < -0.39 is 6.10 Å². The van der Waals surface area contributed by atoms with E-state index in [0.29, 0.717) is 12.1 Å². The predicted octanol–water partition coefficient (Wildman–Crippen LogP) is 1.24. The van der Waals surface area contributed by atoms with Gasteiger partial charge in [-0.2, -0.15) is 15.4 Å². The van der Waals surface area contributed by atoms with Crippen molar-refractivity contribution in [1.29, 1.82) is 0 Å². The average Bonchev–Trinajstić information content (AvgIpc) is 2.74. The van der Waals surface area contributed by atoms with E-state index in [0.717, 1.165) is 10.2 Å². The summed E-state index contributed by atoms with van der Waals surface area (Å²) in [5.41, 5.74) is 1.34. The standard InChI is InChI=1S/C9H9BrN4O/c10-6-1-2-7(11-4-6)3-9(15)8-5-12-14-13-8/h1-2,4-5,9,15H,3H2,(H,12,13,14). The van der Waals surface area contributed by atoms with Crippen LogP contribution in [-0.4, -0.2) is 25.5 Å². The van der Waals surface area contributed by atoms with Gasteiger partial charge in [-0.15, -0.1) is 0 Å². The van der Waals surface area contributed by atoms with Crippen LogP contribution in [0.2, 0.25) is 0 Å². The molecule has 0 aromatic carbocycles. The molecule has 2 rings (SSSR count). The van der Waals surface area contributed by atoms with E-state index in [1.54, 1.807) is 6.20 Å². The molecule has 0 fully saturated rings. The van der Waals surface area contributed by atoms with Crippen LogP contribution in [0.3, 0.4) is 0 Å². The molecule has 2 N–H and O–H groups in total. The highest BCUT2D eigenvalue weighted by molar-refractivity contribution is 9.10. The van der Waals surface area contributed by atoms with E-state index >= 15 is 0 Å². The van der Waals surface area contributed by atoms with Crippen LogP contribution >= 0.6 is 15.9 Å². The number of halogens is 1. The van der Waals surface area contributed by atoms with Gasteiger partial charge in [0.2, 0.25) is 0 Å². The van der Waals surface area contributed by atoms with Gasteiger partial charge in [-0.3, -0.25) is 4.98 Å². The number of pyridine rings is 1. The molecule has 0 aliphatic rings. The molecular formula is C9H9BrN4O. The van der Waals surface area contributed by atoms with Gasteiger partial charge in [0.25, 0.3) is 0 Å². The third-order valence-corrected chi connectivity index (χ3v) is 2.44. The van der Waals surface area contributed by atoms with Gasteiger partial charge >= 0.3 is 0 Å². The summed E-state index contributed by atoms with van der Waals surface area (Å²) < 4.78 is 0.919. The number of H-pyrrole nitrogens is 1. The van der Waals surface area contributed by atoms with Crippen LogP contribution in [0, 0.1) is 0 Å². The molecular weight excluding hydrogens is 260 g/mol. The number of aliphatic hydroxyl groups excluding tert-OH is 1. The monoisotopic (exact) mass is 268 g/mol. The summed E-state index contributed by atoms with van der Waals surface area (Å²) in [7, 11) is 0. The van der Waals surface area contributed by atoms with Crippen molar-refractivity contribution in [3.8, 4) is 0 Å². The number of nitrogens with zero attached hydrogens (tertiary/aromatic N) is 3. The SMILES string of the molecule is OC(Cc1ccc(Br)cn1)c1cn[nH]n1. The Morgan fingerprint density at radius 2 is 2.27 bits per heavy atom. The Hall–Kier alpha value is -1.27. The lowest BCUT2D eigenvalue weighted by molar-refractivity contribution is 0.172. The molecule has 15 heavy (non-hydrogen) atoms. The molecule has 2 aromatic rings. The molecule has 0 radical (unpaired) electrons. The number of hydrogen-bond donors (Lipinski definition) is 2. The van der Waals surface area contributed by atoms with Gasteiger partial charge in [0.15, 0.2) is 0 Å². The third kappa shape index (κ3) is 2.60. The first kappa shape index (κ1) is 10.3. The van der Waals surface area contributed by atoms with Gasteiger partial charge in [0, 0.05) is 22.8 Å². The van der Waals surface area contributed by atoms with Crippen LogP contribution in [0.5, 0.6) is 0 Å². The maximum Gasteiger partial charge on any atom is 0.111 e. The summed E-state index contributed by atoms with van der Waals surface area (Å²) in [4.78, 5) is 4.16. The van der Waals surface area contributed by atoms with Crippen LogP contribution in [0.4, 0.5) is 0 Å². The summed E-state index contributed by atoms with van der Waals surface area (Å²) in [5, 5.41) is 19.7. The molecule has 78 valence electrons. The van der Waals surface area contributed by atoms with Gasteiger partial charge in [-0.25, -0.2) is 0 Å². The minimum absolute atomic E-state index is 0.430. The molecule has 0 bridgehead atoms. The lowest BCUT2D eigenvalue weighted by Crippen LogP contribution is -2.03. The van der Waals surface area contributed by atoms with Crippen molar-refractivity contribution in [3.63, 3.8) is 0 Å². The largest absolute Gasteiger partial charge is 0.386 e. The second-order valence-electron chi connectivity index (χ2n) is 3.08. The number of hydrogen-bond acceptors (Lipinski definition) is 4. The Bertz CT molecular complexity index is 414. The fraction of sp³-hybridized carbons (Fsp3) is 0.222. The molecule has 2 aromatic heterocycles. The van der Waals surface area contributed by atoms with E-state index in [1.165, 1.54) is 6.20 Å². The minimum Gasteiger partial charge on any atom is -0.386 e. The molecule has 0 saturated carbocycles. The van der Waals surface area contributed by atoms with Crippen LogP contribution in [0.1, 0.15) is 17.5 Å². The van der Waals surface area contributed by atoms with Crippen LogP contribution in [-0.2, 0) is 6.42 Å². The summed E-state index contributed by atoms with van der Waals surface area (Å²) in [6.45, 7) is 0. The summed E-state index contributed by atoms with van der Waals surface area (Å²) in [6.07, 6.45) is 2.96. The van der Waals surface area contributed by atoms with Crippen molar-refractivity contribution in [2.24, 2.45) is 0 Å². The Morgan fingerprint density at radius 3 is 2.87 bits per heavy atom. The number of aromatic nitrogens is 4. The van der Waals surface area contributed by atoms with Crippen LogP contribution < -0.4 is 0 Å². The van der Waals surface area contributed by atoms with Crippen molar-refractivity contribution in [2.75, 3.05) is 0 Å². The zero-order chi connectivity index (χ0) is 10.7. The van der Waals surface area contributed by atoms with Gasteiger partial charge < -0.3 is 5.11 Å². The smallest absolute Gasteiger partial charge is 0.111 e. The summed E-state index contributed by atoms with van der Waals surface area (Å²) in [6, 6.07) is 3.74. The maximum absolute atomic E-state index is 9.76. The van der Waals surface area contributed by atoms with Crippen molar-refractivity contribution in [3.05, 3.63) is 40.4 Å². The molecule has 0 amide bonds. The van der Waals surface area contributed by atoms with E-state index in [4.69, 9.17) is 0 Å². The van der Waals surface area contributed by atoms with Gasteiger partial charge in [-0.1, -0.05) is 0 Å². The minimum atomic E-state index is -0.669. The number of aliphatic hydroxyl groups is 1. The number of aromatic amines is 1. The zero-order valence-corrected chi connectivity index (χ0v) is 9.35. The molecule has 0 saturated heterocycles. The third-order valence-electron chi connectivity index (χ3n) is 1.97. The van der Waals surface area contributed by atoms with E-state index in [9.17, 15) is 5.11 Å². The molecule has 1 unspecified atom stereocenters. The normalized spacial score (nSPS) is 12.7. The molecule has 0 aliphatic carbocycles. The second-order valence-corrected chi connectivity index (χ2v) is 4.00. The lowest BCUT2D eigenvalue weighted by Gasteiger charge is -2.05. The zero-order valence-electron chi connectivity index (χ0n) is 7.76. The summed E-state index contributed by atoms with van der Waals surface area (Å²) >= 11 is 3.30. The topological polar surface area (TPSA) is 74.7 Å². The molecule has 5 nitrogen and oxygen atoms in total. The second kappa shape index (κ2) is 4.50. The molecule has 6 heteroatoms. The van der Waals surface area contributed by atoms with E-state index in [-0.39, 0.29) is 0 Å². The van der Waals surface area contributed by atoms with Crippen molar-refractivity contribution in [1.82, 2.24) is 20.4 Å². The van der Waals surface area contributed by atoms with Crippen LogP contribution in [0.25, 0.3) is 0 Å². The van der Waals surface area contributed by atoms with Crippen molar-refractivity contribution < 1.29 is 5.11 Å². The summed E-state index contributed by atoms with van der Waals surface area (Å²) in [5.74, 6) is 0.